The van der Waals surface area contributed by atoms with Crippen molar-refractivity contribution in [1.29, 1.82) is 0 Å². The van der Waals surface area contributed by atoms with Gasteiger partial charge < -0.3 is 10.5 Å². The van der Waals surface area contributed by atoms with Crippen molar-refractivity contribution >= 4 is 0 Å². The maximum atomic E-state index is 6.47. The summed E-state index contributed by atoms with van der Waals surface area (Å²) < 4.78 is 5.79. The number of hydrogen-bond donors (Lipinski definition) is 1. The molecule has 96 valence electrons. The Morgan fingerprint density at radius 1 is 1.38 bits per heavy atom. The molecule has 0 aliphatic heterocycles. The zero-order valence-electron chi connectivity index (χ0n) is 11.5. The molecular formula is C14H29NO. The van der Waals surface area contributed by atoms with Gasteiger partial charge in [-0.3, -0.25) is 0 Å². The van der Waals surface area contributed by atoms with Gasteiger partial charge in [0, 0.05) is 12.1 Å². The number of rotatable bonds is 4. The van der Waals surface area contributed by atoms with Crippen molar-refractivity contribution in [3.05, 3.63) is 0 Å². The van der Waals surface area contributed by atoms with Crippen LogP contribution in [0.5, 0.6) is 0 Å². The molecule has 0 aromatic rings. The van der Waals surface area contributed by atoms with Crippen LogP contribution in [0.25, 0.3) is 0 Å². The van der Waals surface area contributed by atoms with E-state index in [9.17, 15) is 0 Å². The van der Waals surface area contributed by atoms with E-state index in [2.05, 4.69) is 27.7 Å². The van der Waals surface area contributed by atoms with Crippen molar-refractivity contribution < 1.29 is 4.74 Å². The molecule has 2 heteroatoms. The second kappa shape index (κ2) is 5.50. The van der Waals surface area contributed by atoms with Gasteiger partial charge in [0.25, 0.3) is 0 Å². The summed E-state index contributed by atoms with van der Waals surface area (Å²) in [7, 11) is 0. The topological polar surface area (TPSA) is 35.2 Å². The van der Waals surface area contributed by atoms with Crippen LogP contribution in [0.1, 0.15) is 66.2 Å². The lowest BCUT2D eigenvalue weighted by Crippen LogP contribution is -2.45. The molecule has 2 atom stereocenters. The Hall–Kier alpha value is -0.0800. The Balaban J connectivity index is 2.33. The minimum atomic E-state index is -0.0326. The van der Waals surface area contributed by atoms with E-state index in [1.54, 1.807) is 0 Å². The van der Waals surface area contributed by atoms with Crippen LogP contribution in [0, 0.1) is 5.92 Å². The number of ether oxygens (including phenoxy) is 1. The van der Waals surface area contributed by atoms with Crippen molar-refractivity contribution in [2.24, 2.45) is 11.7 Å². The molecule has 1 rings (SSSR count). The Kier molecular flexibility index (Phi) is 4.81. The average Bonchev–Trinajstić information content (AvgIpc) is 2.15. The molecule has 0 bridgehead atoms. The molecule has 0 aromatic heterocycles. The summed E-state index contributed by atoms with van der Waals surface area (Å²) in [5.74, 6) is 0.841. The van der Waals surface area contributed by atoms with Gasteiger partial charge in [-0.25, -0.2) is 0 Å². The summed E-state index contributed by atoms with van der Waals surface area (Å²) in [5, 5.41) is 0. The normalized spacial score (nSPS) is 31.7. The summed E-state index contributed by atoms with van der Waals surface area (Å²) in [6, 6.07) is 0. The van der Waals surface area contributed by atoms with Crippen LogP contribution in [0.3, 0.4) is 0 Å². The van der Waals surface area contributed by atoms with E-state index in [1.807, 2.05) is 0 Å². The Morgan fingerprint density at radius 3 is 2.62 bits per heavy atom. The molecule has 0 spiro atoms. The fraction of sp³-hybridized carbons (Fsp3) is 1.00. The van der Waals surface area contributed by atoms with Gasteiger partial charge >= 0.3 is 0 Å². The lowest BCUT2D eigenvalue weighted by molar-refractivity contribution is -0.0151. The van der Waals surface area contributed by atoms with Gasteiger partial charge in [-0.05, 0) is 46.0 Å². The molecule has 1 fully saturated rings. The molecule has 1 aliphatic carbocycles. The highest BCUT2D eigenvalue weighted by molar-refractivity contribution is 4.90. The summed E-state index contributed by atoms with van der Waals surface area (Å²) in [4.78, 5) is 0. The zero-order valence-corrected chi connectivity index (χ0v) is 11.5. The molecule has 0 amide bonds. The second-order valence-electron chi connectivity index (χ2n) is 6.44. The van der Waals surface area contributed by atoms with Gasteiger partial charge in [0.1, 0.15) is 0 Å². The number of hydrogen-bond acceptors (Lipinski definition) is 2. The Bertz CT molecular complexity index is 209. The summed E-state index contributed by atoms with van der Waals surface area (Å²) in [5.41, 5.74) is 6.49. The second-order valence-corrected chi connectivity index (χ2v) is 6.44. The standard InChI is InChI=1S/C14H29NO/c1-5-12-7-6-8-14(15,11-12)9-10-16-13(2,3)4/h12H,5-11,15H2,1-4H3. The van der Waals surface area contributed by atoms with Crippen LogP contribution in [-0.2, 0) is 4.74 Å². The van der Waals surface area contributed by atoms with E-state index in [0.29, 0.717) is 0 Å². The van der Waals surface area contributed by atoms with Crippen molar-refractivity contribution in [2.45, 2.75) is 77.4 Å². The molecule has 2 nitrogen and oxygen atoms in total. The quantitative estimate of drug-likeness (QED) is 0.798. The Labute approximate surface area is 101 Å². The highest BCUT2D eigenvalue weighted by Gasteiger charge is 2.31. The third kappa shape index (κ3) is 4.84. The smallest absolute Gasteiger partial charge is 0.0598 e. The van der Waals surface area contributed by atoms with Gasteiger partial charge in [-0.2, -0.15) is 0 Å². The van der Waals surface area contributed by atoms with Crippen LogP contribution < -0.4 is 5.73 Å². The van der Waals surface area contributed by atoms with E-state index in [1.165, 1.54) is 32.1 Å². The van der Waals surface area contributed by atoms with Gasteiger partial charge in [-0.15, -0.1) is 0 Å². The monoisotopic (exact) mass is 227 g/mol. The maximum absolute atomic E-state index is 6.47. The molecule has 16 heavy (non-hydrogen) atoms. The lowest BCUT2D eigenvalue weighted by Gasteiger charge is -2.38. The van der Waals surface area contributed by atoms with E-state index in [4.69, 9.17) is 10.5 Å². The first-order chi connectivity index (χ1) is 7.35. The van der Waals surface area contributed by atoms with Crippen molar-refractivity contribution in [3.8, 4) is 0 Å². The molecular weight excluding hydrogens is 198 g/mol. The minimum Gasteiger partial charge on any atom is -0.376 e. The van der Waals surface area contributed by atoms with Crippen molar-refractivity contribution in [2.75, 3.05) is 6.61 Å². The van der Waals surface area contributed by atoms with Crippen LogP contribution in [0.2, 0.25) is 0 Å². The highest BCUT2D eigenvalue weighted by Crippen LogP contribution is 2.34. The molecule has 2 N–H and O–H groups in total. The number of nitrogens with two attached hydrogens (primary N) is 1. The zero-order chi connectivity index (χ0) is 12.2. The van der Waals surface area contributed by atoms with Gasteiger partial charge in [0.05, 0.1) is 5.60 Å². The van der Waals surface area contributed by atoms with Crippen LogP contribution in [0.4, 0.5) is 0 Å². The van der Waals surface area contributed by atoms with Gasteiger partial charge in [0.2, 0.25) is 0 Å². The van der Waals surface area contributed by atoms with Crippen LogP contribution >= 0.6 is 0 Å². The fourth-order valence-electron chi connectivity index (χ4n) is 2.66. The molecule has 0 saturated heterocycles. The summed E-state index contributed by atoms with van der Waals surface area (Å²) in [6.45, 7) is 9.39. The Morgan fingerprint density at radius 2 is 2.06 bits per heavy atom. The summed E-state index contributed by atoms with van der Waals surface area (Å²) >= 11 is 0. The van der Waals surface area contributed by atoms with E-state index in [-0.39, 0.29) is 11.1 Å². The molecule has 1 aliphatic rings. The first-order valence-corrected chi connectivity index (χ1v) is 6.77. The molecule has 1 saturated carbocycles. The maximum Gasteiger partial charge on any atom is 0.0598 e. The fourth-order valence-corrected chi connectivity index (χ4v) is 2.66. The SMILES string of the molecule is CCC1CCCC(N)(CCOC(C)(C)C)C1. The van der Waals surface area contributed by atoms with Gasteiger partial charge in [0.15, 0.2) is 0 Å². The van der Waals surface area contributed by atoms with Crippen LogP contribution in [-0.4, -0.2) is 17.7 Å². The third-order valence-corrected chi connectivity index (χ3v) is 3.69. The highest BCUT2D eigenvalue weighted by atomic mass is 16.5. The summed E-state index contributed by atoms with van der Waals surface area (Å²) in [6.07, 6.45) is 7.33. The lowest BCUT2D eigenvalue weighted by atomic mass is 9.74. The van der Waals surface area contributed by atoms with Crippen molar-refractivity contribution in [3.63, 3.8) is 0 Å². The molecule has 0 radical (unpaired) electrons. The van der Waals surface area contributed by atoms with E-state index >= 15 is 0 Å². The largest absolute Gasteiger partial charge is 0.376 e. The minimum absolute atomic E-state index is 0.0326. The van der Waals surface area contributed by atoms with E-state index in [0.717, 1.165) is 18.9 Å². The molecule has 0 aromatic carbocycles. The van der Waals surface area contributed by atoms with Crippen LogP contribution in [0.15, 0.2) is 0 Å². The first kappa shape index (κ1) is 14.0. The van der Waals surface area contributed by atoms with Crippen molar-refractivity contribution in [1.82, 2.24) is 0 Å². The predicted octanol–water partition coefficient (Wildman–Crippen LogP) is 3.49. The first-order valence-electron chi connectivity index (χ1n) is 6.77. The van der Waals surface area contributed by atoms with Gasteiger partial charge in [-0.1, -0.05) is 26.2 Å². The molecule has 0 heterocycles. The average molecular weight is 227 g/mol. The third-order valence-electron chi connectivity index (χ3n) is 3.69. The molecule has 2 unspecified atom stereocenters. The predicted molar refractivity (Wildman–Crippen MR) is 69.5 cm³/mol. The van der Waals surface area contributed by atoms with E-state index < -0.39 is 0 Å².